The Morgan fingerprint density at radius 3 is 2.25 bits per heavy atom. The van der Waals surface area contributed by atoms with Crippen LogP contribution in [-0.4, -0.2) is 16.8 Å². The number of pyridine rings is 1. The highest BCUT2D eigenvalue weighted by Gasteiger charge is 2.32. The van der Waals surface area contributed by atoms with E-state index in [2.05, 4.69) is 15.6 Å². The van der Waals surface area contributed by atoms with Crippen LogP contribution >= 0.6 is 0 Å². The van der Waals surface area contributed by atoms with Crippen LogP contribution in [0.5, 0.6) is 0 Å². The van der Waals surface area contributed by atoms with Crippen LogP contribution in [0.25, 0.3) is 11.1 Å². The van der Waals surface area contributed by atoms with Crippen molar-refractivity contribution in [2.45, 2.75) is 19.5 Å². The lowest BCUT2D eigenvalue weighted by atomic mass is 9.96. The van der Waals surface area contributed by atoms with Gasteiger partial charge in [0.15, 0.2) is 0 Å². The van der Waals surface area contributed by atoms with Gasteiger partial charge in [0.25, 0.3) is 5.91 Å². The number of halogens is 3. The maximum absolute atomic E-state index is 13.3. The van der Waals surface area contributed by atoms with Gasteiger partial charge in [-0.25, -0.2) is 4.98 Å². The summed E-state index contributed by atoms with van der Waals surface area (Å²) >= 11 is 0. The quantitative estimate of drug-likeness (QED) is 0.324. The number of carbonyl (C=O) groups is 2. The molecule has 1 aromatic heterocycles. The third-order valence-electron chi connectivity index (χ3n) is 5.52. The minimum atomic E-state index is -4.58. The van der Waals surface area contributed by atoms with Crippen molar-refractivity contribution in [2.24, 2.45) is 0 Å². The van der Waals surface area contributed by atoms with E-state index in [0.29, 0.717) is 28.2 Å². The van der Waals surface area contributed by atoms with Crippen molar-refractivity contribution in [3.63, 3.8) is 0 Å². The van der Waals surface area contributed by atoms with Crippen molar-refractivity contribution < 1.29 is 22.8 Å². The number of carbonyl (C=O) groups excluding carboxylic acids is 2. The van der Waals surface area contributed by atoms with Crippen LogP contribution in [0.1, 0.15) is 27.0 Å². The monoisotopic (exact) mass is 489 g/mol. The maximum Gasteiger partial charge on any atom is 0.416 e. The predicted octanol–water partition coefficient (Wildman–Crippen LogP) is 6.51. The van der Waals surface area contributed by atoms with E-state index in [1.807, 2.05) is 13.0 Å². The summed E-state index contributed by atoms with van der Waals surface area (Å²) in [5.41, 5.74) is 1.94. The minimum Gasteiger partial charge on any atom is -0.322 e. The van der Waals surface area contributed by atoms with Gasteiger partial charge in [-0.05, 0) is 59.5 Å². The molecule has 2 N–H and O–H groups in total. The van der Waals surface area contributed by atoms with Gasteiger partial charge in [0.2, 0.25) is 5.91 Å². The summed E-state index contributed by atoms with van der Waals surface area (Å²) in [6.07, 6.45) is -2.90. The molecular formula is C28H22F3N3O2. The highest BCUT2D eigenvalue weighted by molar-refractivity contribution is 6.09. The number of amides is 2. The second-order valence-electron chi connectivity index (χ2n) is 8.17. The number of hydrogen-bond acceptors (Lipinski definition) is 3. The van der Waals surface area contributed by atoms with Crippen LogP contribution in [0.15, 0.2) is 91.1 Å². The normalized spacial score (nSPS) is 11.1. The Morgan fingerprint density at radius 1 is 0.861 bits per heavy atom. The molecule has 8 heteroatoms. The molecule has 0 saturated carbocycles. The third-order valence-corrected chi connectivity index (χ3v) is 5.52. The van der Waals surface area contributed by atoms with Crippen LogP contribution in [-0.2, 0) is 17.4 Å². The molecule has 0 aliphatic carbocycles. The number of aromatic nitrogens is 1. The fourth-order valence-electron chi connectivity index (χ4n) is 3.66. The molecule has 5 nitrogen and oxygen atoms in total. The first kappa shape index (κ1) is 24.7. The van der Waals surface area contributed by atoms with Gasteiger partial charge in [-0.2, -0.15) is 13.2 Å². The van der Waals surface area contributed by atoms with E-state index in [4.69, 9.17) is 0 Å². The zero-order valence-corrected chi connectivity index (χ0v) is 19.3. The number of aryl methyl sites for hydroxylation is 1. The van der Waals surface area contributed by atoms with Gasteiger partial charge in [0.05, 0.1) is 12.0 Å². The van der Waals surface area contributed by atoms with Crippen molar-refractivity contribution in [2.75, 3.05) is 10.6 Å². The smallest absolute Gasteiger partial charge is 0.322 e. The highest BCUT2D eigenvalue weighted by Crippen LogP contribution is 2.34. The fraction of sp³-hybridized carbons (Fsp3) is 0.107. The molecular weight excluding hydrogens is 467 g/mol. The first-order valence-electron chi connectivity index (χ1n) is 11.1. The van der Waals surface area contributed by atoms with E-state index in [9.17, 15) is 22.8 Å². The molecule has 0 aliphatic heterocycles. The number of nitrogens with one attached hydrogen (secondary N) is 2. The highest BCUT2D eigenvalue weighted by atomic mass is 19.4. The Morgan fingerprint density at radius 2 is 1.58 bits per heavy atom. The van der Waals surface area contributed by atoms with E-state index >= 15 is 0 Å². The largest absolute Gasteiger partial charge is 0.416 e. The molecule has 0 atom stereocenters. The molecule has 182 valence electrons. The van der Waals surface area contributed by atoms with E-state index in [-0.39, 0.29) is 17.9 Å². The number of nitrogens with zero attached hydrogens (tertiary/aromatic N) is 1. The standard InChI is InChI=1S/C28H22F3N3O2/c1-18-6-5-15-32-26(18)34-25(35)16-19-9-12-22(13-10-19)33-27(36)24-17-21(28(29,30)31)11-14-23(24)20-7-3-2-4-8-20/h2-15,17H,16H2,1H3,(H,33,36)(H,32,34,35). The molecule has 3 aromatic carbocycles. The first-order chi connectivity index (χ1) is 17.2. The van der Waals surface area contributed by atoms with E-state index < -0.39 is 17.6 Å². The summed E-state index contributed by atoms with van der Waals surface area (Å²) in [7, 11) is 0. The number of rotatable bonds is 6. The van der Waals surface area contributed by atoms with Gasteiger partial charge in [0.1, 0.15) is 5.82 Å². The van der Waals surface area contributed by atoms with Crippen LogP contribution in [0.3, 0.4) is 0 Å². The second-order valence-corrected chi connectivity index (χ2v) is 8.17. The minimum absolute atomic E-state index is 0.0924. The van der Waals surface area contributed by atoms with E-state index in [0.717, 1.165) is 17.7 Å². The lowest BCUT2D eigenvalue weighted by Gasteiger charge is -2.14. The van der Waals surface area contributed by atoms with E-state index in [1.165, 1.54) is 6.07 Å². The van der Waals surface area contributed by atoms with Crippen molar-refractivity contribution in [3.05, 3.63) is 113 Å². The molecule has 0 spiro atoms. The Hall–Kier alpha value is -4.46. The van der Waals surface area contributed by atoms with Gasteiger partial charge in [-0.15, -0.1) is 0 Å². The SMILES string of the molecule is Cc1cccnc1NC(=O)Cc1ccc(NC(=O)c2cc(C(F)(F)F)ccc2-c2ccccc2)cc1. The molecule has 0 aliphatic rings. The van der Waals surface area contributed by atoms with Crippen molar-refractivity contribution >= 4 is 23.3 Å². The molecule has 0 saturated heterocycles. The van der Waals surface area contributed by atoms with Gasteiger partial charge in [-0.1, -0.05) is 54.6 Å². The Balaban J connectivity index is 1.50. The number of hydrogen-bond donors (Lipinski definition) is 2. The molecule has 4 aromatic rings. The molecule has 2 amide bonds. The molecule has 0 radical (unpaired) electrons. The summed E-state index contributed by atoms with van der Waals surface area (Å²) in [5, 5.41) is 5.41. The topological polar surface area (TPSA) is 71.1 Å². The lowest BCUT2D eigenvalue weighted by Crippen LogP contribution is -2.17. The summed E-state index contributed by atoms with van der Waals surface area (Å²) < 4.78 is 40.0. The average Bonchev–Trinajstić information content (AvgIpc) is 2.86. The van der Waals surface area contributed by atoms with Gasteiger partial charge >= 0.3 is 6.18 Å². The summed E-state index contributed by atoms with van der Waals surface area (Å²) in [5.74, 6) is -0.428. The first-order valence-corrected chi connectivity index (χ1v) is 11.1. The van der Waals surface area contributed by atoms with Crippen LogP contribution in [0.4, 0.5) is 24.7 Å². The molecule has 0 unspecified atom stereocenters. The lowest BCUT2D eigenvalue weighted by molar-refractivity contribution is -0.137. The molecule has 0 bridgehead atoms. The predicted molar refractivity (Wildman–Crippen MR) is 133 cm³/mol. The van der Waals surface area contributed by atoms with Crippen LogP contribution < -0.4 is 10.6 Å². The van der Waals surface area contributed by atoms with Crippen molar-refractivity contribution in [1.82, 2.24) is 4.98 Å². The summed E-state index contributed by atoms with van der Waals surface area (Å²) in [6, 6.07) is 22.0. The van der Waals surface area contributed by atoms with Crippen molar-refractivity contribution in [3.8, 4) is 11.1 Å². The Bertz CT molecular complexity index is 1390. The van der Waals surface area contributed by atoms with Crippen LogP contribution in [0.2, 0.25) is 0 Å². The number of anilines is 2. The molecule has 0 fully saturated rings. The van der Waals surface area contributed by atoms with Gasteiger partial charge < -0.3 is 10.6 Å². The Kier molecular flexibility index (Phi) is 7.15. The zero-order chi connectivity index (χ0) is 25.7. The zero-order valence-electron chi connectivity index (χ0n) is 19.3. The Labute approximate surface area is 206 Å². The van der Waals surface area contributed by atoms with Gasteiger partial charge in [-0.3, -0.25) is 9.59 Å². The average molecular weight is 489 g/mol. The molecule has 36 heavy (non-hydrogen) atoms. The fourth-order valence-corrected chi connectivity index (χ4v) is 3.66. The third kappa shape index (κ3) is 5.96. The summed E-state index contributed by atoms with van der Waals surface area (Å²) in [6.45, 7) is 1.84. The molecule has 4 rings (SSSR count). The number of benzene rings is 3. The van der Waals surface area contributed by atoms with Crippen LogP contribution in [0, 0.1) is 6.92 Å². The van der Waals surface area contributed by atoms with Crippen molar-refractivity contribution in [1.29, 1.82) is 0 Å². The van der Waals surface area contributed by atoms with E-state index in [1.54, 1.807) is 66.9 Å². The second kappa shape index (κ2) is 10.4. The number of alkyl halides is 3. The summed E-state index contributed by atoms with van der Waals surface area (Å²) in [4.78, 5) is 29.5. The van der Waals surface area contributed by atoms with Gasteiger partial charge in [0, 0.05) is 17.4 Å². The maximum atomic E-state index is 13.3. The molecule has 1 heterocycles.